The van der Waals surface area contributed by atoms with Crippen LogP contribution in [-0.4, -0.2) is 58.2 Å². The highest BCUT2D eigenvalue weighted by Gasteiger charge is 2.17. The van der Waals surface area contributed by atoms with Crippen LogP contribution in [-0.2, 0) is 6.54 Å². The van der Waals surface area contributed by atoms with Gasteiger partial charge in [-0.2, -0.15) is 5.10 Å². The minimum atomic E-state index is -0.274. The van der Waals surface area contributed by atoms with E-state index in [0.717, 1.165) is 53.0 Å². The molecule has 1 aromatic carbocycles. The second-order valence-electron chi connectivity index (χ2n) is 8.69. The third-order valence-corrected chi connectivity index (χ3v) is 5.87. The maximum absolute atomic E-state index is 13.0. The molecule has 0 atom stereocenters. The van der Waals surface area contributed by atoms with E-state index < -0.39 is 0 Å². The SMILES string of the molecule is CN(C)Cc1ccc(NC(=O)c2n[nH]c3ccc(-c4cncc(N5CCCC5)c4)cc23)cn1. The largest absolute Gasteiger partial charge is 0.370 e. The molecule has 0 unspecified atom stereocenters. The summed E-state index contributed by atoms with van der Waals surface area (Å²) in [7, 11) is 3.99. The Kier molecular flexibility index (Phi) is 5.75. The molecule has 1 amide bonds. The molecular formula is C25H27N7O. The molecule has 0 saturated carbocycles. The van der Waals surface area contributed by atoms with Gasteiger partial charge in [-0.3, -0.25) is 19.9 Å². The Morgan fingerprint density at radius 1 is 1.06 bits per heavy atom. The summed E-state index contributed by atoms with van der Waals surface area (Å²) in [5.74, 6) is -0.274. The number of nitrogens with zero attached hydrogens (tertiary/aromatic N) is 5. The van der Waals surface area contributed by atoms with Gasteiger partial charge in [-0.1, -0.05) is 6.07 Å². The van der Waals surface area contributed by atoms with Crippen molar-refractivity contribution in [2.75, 3.05) is 37.4 Å². The first-order valence-corrected chi connectivity index (χ1v) is 11.2. The fraction of sp³-hybridized carbons (Fsp3) is 0.280. The summed E-state index contributed by atoms with van der Waals surface area (Å²) in [6, 6.07) is 11.9. The number of hydrogen-bond donors (Lipinski definition) is 2. The van der Waals surface area contributed by atoms with Crippen LogP contribution in [0.2, 0.25) is 0 Å². The third-order valence-electron chi connectivity index (χ3n) is 5.87. The zero-order valence-corrected chi connectivity index (χ0v) is 18.9. The number of aromatic amines is 1. The highest BCUT2D eigenvalue weighted by Crippen LogP contribution is 2.29. The molecule has 3 aromatic heterocycles. The number of aromatic nitrogens is 4. The van der Waals surface area contributed by atoms with Gasteiger partial charge in [0.15, 0.2) is 5.69 Å². The van der Waals surface area contributed by atoms with Gasteiger partial charge in [0.05, 0.1) is 35.0 Å². The average Bonchev–Trinajstić information content (AvgIpc) is 3.50. The van der Waals surface area contributed by atoms with Crippen LogP contribution in [0.15, 0.2) is 55.0 Å². The number of H-pyrrole nitrogens is 1. The number of nitrogens with one attached hydrogen (secondary N) is 2. The van der Waals surface area contributed by atoms with Crippen molar-refractivity contribution in [1.82, 2.24) is 25.1 Å². The maximum atomic E-state index is 13.0. The van der Waals surface area contributed by atoms with Gasteiger partial charge in [-0.15, -0.1) is 0 Å². The maximum Gasteiger partial charge on any atom is 0.276 e. The number of pyridine rings is 2. The van der Waals surface area contributed by atoms with Gasteiger partial charge in [0, 0.05) is 36.8 Å². The molecule has 5 rings (SSSR count). The molecule has 1 saturated heterocycles. The molecule has 1 aliphatic heterocycles. The number of carbonyl (C=O) groups is 1. The van der Waals surface area contributed by atoms with Crippen LogP contribution in [0.4, 0.5) is 11.4 Å². The number of carbonyl (C=O) groups excluding carboxylic acids is 1. The van der Waals surface area contributed by atoms with E-state index in [-0.39, 0.29) is 5.91 Å². The standard InChI is InChI=1S/C25H27N7O/c1-31(2)16-20-7-6-19(14-27-20)28-25(33)24-22-12-17(5-8-23(22)29-30-24)18-11-21(15-26-13-18)32-9-3-4-10-32/h5-8,11-15H,3-4,9-10,16H2,1-2H3,(H,28,33)(H,29,30). The summed E-state index contributed by atoms with van der Waals surface area (Å²) < 4.78 is 0. The van der Waals surface area contributed by atoms with Crippen molar-refractivity contribution in [3.05, 3.63) is 66.4 Å². The molecule has 0 aliphatic carbocycles. The van der Waals surface area contributed by atoms with E-state index >= 15 is 0 Å². The molecule has 2 N–H and O–H groups in total. The quantitative estimate of drug-likeness (QED) is 0.471. The topological polar surface area (TPSA) is 90.0 Å². The fourth-order valence-corrected chi connectivity index (χ4v) is 4.21. The van der Waals surface area contributed by atoms with Crippen molar-refractivity contribution in [3.63, 3.8) is 0 Å². The number of fused-ring (bicyclic) bond motifs is 1. The predicted octanol–water partition coefficient (Wildman–Crippen LogP) is 3.93. The lowest BCUT2D eigenvalue weighted by Crippen LogP contribution is -2.17. The molecule has 1 aliphatic rings. The van der Waals surface area contributed by atoms with Crippen molar-refractivity contribution in [3.8, 4) is 11.1 Å². The van der Waals surface area contributed by atoms with E-state index in [2.05, 4.69) is 36.4 Å². The Bertz CT molecular complexity index is 1270. The minimum absolute atomic E-state index is 0.274. The zero-order valence-electron chi connectivity index (χ0n) is 18.9. The molecule has 1 fully saturated rings. The zero-order chi connectivity index (χ0) is 22.8. The van der Waals surface area contributed by atoms with Crippen LogP contribution >= 0.6 is 0 Å². The Balaban J connectivity index is 1.39. The first-order valence-electron chi connectivity index (χ1n) is 11.2. The normalized spacial score (nSPS) is 13.7. The van der Waals surface area contributed by atoms with Crippen LogP contribution in [0, 0.1) is 0 Å². The lowest BCUT2D eigenvalue weighted by Gasteiger charge is -2.17. The van der Waals surface area contributed by atoms with Crippen LogP contribution in [0.3, 0.4) is 0 Å². The Hall–Kier alpha value is -3.78. The highest BCUT2D eigenvalue weighted by molar-refractivity contribution is 6.11. The van der Waals surface area contributed by atoms with E-state index in [1.54, 1.807) is 6.20 Å². The fourth-order valence-electron chi connectivity index (χ4n) is 4.21. The molecule has 4 heterocycles. The van der Waals surface area contributed by atoms with Crippen molar-refractivity contribution < 1.29 is 4.79 Å². The molecule has 8 heteroatoms. The number of benzene rings is 1. The molecule has 4 aromatic rings. The van der Waals surface area contributed by atoms with Crippen LogP contribution < -0.4 is 10.2 Å². The van der Waals surface area contributed by atoms with Gasteiger partial charge in [0.1, 0.15) is 0 Å². The highest BCUT2D eigenvalue weighted by atomic mass is 16.1. The third kappa shape index (κ3) is 4.56. The van der Waals surface area contributed by atoms with Gasteiger partial charge >= 0.3 is 0 Å². The van der Waals surface area contributed by atoms with E-state index in [1.807, 2.05) is 61.7 Å². The summed E-state index contributed by atoms with van der Waals surface area (Å²) in [6.45, 7) is 2.89. The Morgan fingerprint density at radius 3 is 2.67 bits per heavy atom. The number of rotatable bonds is 6. The van der Waals surface area contributed by atoms with Crippen molar-refractivity contribution in [1.29, 1.82) is 0 Å². The monoisotopic (exact) mass is 441 g/mol. The number of amides is 1. The first kappa shape index (κ1) is 21.1. The van der Waals surface area contributed by atoms with Gasteiger partial charge < -0.3 is 15.1 Å². The van der Waals surface area contributed by atoms with Crippen molar-refractivity contribution in [2.45, 2.75) is 19.4 Å². The first-order chi connectivity index (χ1) is 16.1. The summed E-state index contributed by atoms with van der Waals surface area (Å²) in [6.07, 6.45) is 7.89. The minimum Gasteiger partial charge on any atom is -0.370 e. The van der Waals surface area contributed by atoms with E-state index in [4.69, 9.17) is 0 Å². The predicted molar refractivity (Wildman–Crippen MR) is 130 cm³/mol. The molecule has 0 radical (unpaired) electrons. The van der Waals surface area contributed by atoms with Crippen molar-refractivity contribution >= 4 is 28.2 Å². The number of hydrogen-bond acceptors (Lipinski definition) is 6. The van der Waals surface area contributed by atoms with E-state index in [1.165, 1.54) is 12.8 Å². The van der Waals surface area contributed by atoms with Gasteiger partial charge in [-0.25, -0.2) is 0 Å². The molecule has 33 heavy (non-hydrogen) atoms. The molecule has 0 bridgehead atoms. The van der Waals surface area contributed by atoms with Crippen molar-refractivity contribution in [2.24, 2.45) is 0 Å². The lowest BCUT2D eigenvalue weighted by molar-refractivity contribution is 0.102. The van der Waals surface area contributed by atoms with E-state index in [9.17, 15) is 4.79 Å². The average molecular weight is 442 g/mol. The van der Waals surface area contributed by atoms with Gasteiger partial charge in [-0.05, 0) is 62.8 Å². The van der Waals surface area contributed by atoms with Gasteiger partial charge in [0.2, 0.25) is 0 Å². The second-order valence-corrected chi connectivity index (χ2v) is 8.69. The van der Waals surface area contributed by atoms with E-state index in [0.29, 0.717) is 11.4 Å². The molecule has 0 spiro atoms. The van der Waals surface area contributed by atoms with Gasteiger partial charge in [0.25, 0.3) is 5.91 Å². The van der Waals surface area contributed by atoms with Crippen LogP contribution in [0.1, 0.15) is 29.0 Å². The Labute approximate surface area is 192 Å². The van der Waals surface area contributed by atoms with Crippen LogP contribution in [0.25, 0.3) is 22.0 Å². The molecular weight excluding hydrogens is 414 g/mol. The molecule has 168 valence electrons. The smallest absolute Gasteiger partial charge is 0.276 e. The van der Waals surface area contributed by atoms with Crippen LogP contribution in [0.5, 0.6) is 0 Å². The summed E-state index contributed by atoms with van der Waals surface area (Å²) in [4.78, 5) is 26.3. The summed E-state index contributed by atoms with van der Waals surface area (Å²) in [5.41, 5.74) is 5.91. The number of anilines is 2. The molecule has 8 nitrogen and oxygen atoms in total. The lowest BCUT2D eigenvalue weighted by atomic mass is 10.0. The second kappa shape index (κ2) is 8.99. The summed E-state index contributed by atoms with van der Waals surface area (Å²) >= 11 is 0. The summed E-state index contributed by atoms with van der Waals surface area (Å²) in [5, 5.41) is 10.9. The Morgan fingerprint density at radius 2 is 1.91 bits per heavy atom.